The first-order chi connectivity index (χ1) is 38.8. The van der Waals surface area contributed by atoms with Crippen LogP contribution < -0.4 is 10.1 Å². The zero-order valence-corrected chi connectivity index (χ0v) is 48.3. The van der Waals surface area contributed by atoms with Crippen LogP contribution in [0.4, 0.5) is 39.3 Å². The fraction of sp³-hybridized carbons (Fsp3) is 0.217. The third kappa shape index (κ3) is 13.9. The highest BCUT2D eigenvalue weighted by atomic mass is 32.2. The number of fused-ring (bicyclic) bond motifs is 6. The normalized spacial score (nSPS) is 13.0. The number of anilines is 1. The number of thiazole rings is 1. The van der Waals surface area contributed by atoms with Gasteiger partial charge in [-0.3, -0.25) is 32.0 Å². The molecule has 30 nitrogen and oxygen atoms in total. The maximum atomic E-state index is 12.5. The summed E-state index contributed by atoms with van der Waals surface area (Å²) < 4.78 is 175. The maximum Gasteiger partial charge on any atom is 0.296 e. The second-order valence-corrected chi connectivity index (χ2v) is 27.1. The minimum atomic E-state index is -4.94. The third-order valence-corrected chi connectivity index (χ3v) is 18.1. The molecule has 83 heavy (non-hydrogen) atoms. The summed E-state index contributed by atoms with van der Waals surface area (Å²) in [6, 6.07) is 13.9. The van der Waals surface area contributed by atoms with Crippen LogP contribution in [0.25, 0.3) is 37.7 Å². The summed E-state index contributed by atoms with van der Waals surface area (Å²) in [6.45, 7) is 2.98. The van der Waals surface area contributed by atoms with Crippen LogP contribution >= 0.6 is 23.1 Å². The lowest BCUT2D eigenvalue weighted by atomic mass is 10.1. The van der Waals surface area contributed by atoms with Gasteiger partial charge in [-0.15, -0.1) is 37.3 Å². The van der Waals surface area contributed by atoms with E-state index in [1.165, 1.54) is 37.3 Å². The van der Waals surface area contributed by atoms with Gasteiger partial charge in [0, 0.05) is 34.4 Å². The molecule has 0 aliphatic heterocycles. The van der Waals surface area contributed by atoms with E-state index in [9.17, 15) is 85.1 Å². The summed E-state index contributed by atoms with van der Waals surface area (Å²) in [5, 5.41) is 60.7. The van der Waals surface area contributed by atoms with E-state index < -0.39 is 101 Å². The van der Waals surface area contributed by atoms with Gasteiger partial charge in [-0.25, -0.2) is 9.97 Å². The van der Waals surface area contributed by atoms with Gasteiger partial charge in [0.25, 0.3) is 50.6 Å². The molecular formula is C46H41N11O19S7. The van der Waals surface area contributed by atoms with Gasteiger partial charge in [-0.2, -0.15) is 52.5 Å². The van der Waals surface area contributed by atoms with Gasteiger partial charge in [-0.1, -0.05) is 17.4 Å². The van der Waals surface area contributed by atoms with E-state index >= 15 is 0 Å². The number of azo groups is 3. The number of aromatic nitrogens is 3. The Labute approximate surface area is 478 Å². The fourth-order valence-electron chi connectivity index (χ4n) is 8.09. The van der Waals surface area contributed by atoms with Gasteiger partial charge >= 0.3 is 0 Å². The van der Waals surface area contributed by atoms with Crippen LogP contribution in [0.2, 0.25) is 0 Å². The summed E-state index contributed by atoms with van der Waals surface area (Å²) in [4.78, 5) is 19.1. The number of aliphatic hydroxyl groups excluding tert-OH is 1. The van der Waals surface area contributed by atoms with E-state index in [0.29, 0.717) is 5.56 Å². The number of rotatable bonds is 21. The molecule has 1 amide bonds. The molecule has 37 heteroatoms. The van der Waals surface area contributed by atoms with Crippen molar-refractivity contribution in [2.75, 3.05) is 29.2 Å². The average Bonchev–Trinajstić information content (AvgIpc) is 2.41. The quantitative estimate of drug-likeness (QED) is 0.0144. The summed E-state index contributed by atoms with van der Waals surface area (Å²) in [5.74, 6) is -2.81. The Morgan fingerprint density at radius 2 is 1.41 bits per heavy atom. The lowest BCUT2D eigenvalue weighted by molar-refractivity contribution is -0.114. The third-order valence-electron chi connectivity index (χ3n) is 11.8. The van der Waals surface area contributed by atoms with Crippen LogP contribution in [-0.2, 0) is 62.0 Å². The number of ether oxygens (including phenoxy) is 1. The van der Waals surface area contributed by atoms with E-state index in [2.05, 4.69) is 46.0 Å². The number of hydrogen-bond acceptors (Lipinski definition) is 25. The van der Waals surface area contributed by atoms with Crippen LogP contribution in [-0.4, -0.2) is 119 Å². The molecule has 0 atom stereocenters. The number of carbonyl (C=O) groups excluding carboxylic acids is 1. The van der Waals surface area contributed by atoms with Crippen LogP contribution in [0, 0.1) is 25.2 Å². The van der Waals surface area contributed by atoms with Gasteiger partial charge in [0.05, 0.1) is 62.6 Å². The Kier molecular flexibility index (Phi) is 17.5. The molecule has 436 valence electrons. The number of nitriles is 1. The molecule has 0 radical (unpaired) electrons. The standard InChI is InChI=1S/C46H41N11O19S7/c1-22-14-32(53-55-39-23(2)29(20-47)44-49-40-34(57(44)45(39)60)8-9-37(82(70,71)72)41(40)48-24(3)59)35(76-10-4-12-79(61,62)63)18-30(22)51-54-33-15-26(21-58)31(19-36(33)77-11-5-13-80(64,65)66)52-56-46-50-42-38(83(73,74)75)16-25-6-7-27(81(67,68)69)17-28(25)43(42)78-46/h6-9,14-19,58,60H,4-5,10-13,21H2,1-3H3,(H,48,59)(H,61,62,63)(H,64,65,66)(H,67,68,69)(H,70,71,72)(H,73,74,75). The van der Waals surface area contributed by atoms with Crippen molar-refractivity contribution >= 4 is 157 Å². The van der Waals surface area contributed by atoms with Crippen molar-refractivity contribution in [1.82, 2.24) is 14.4 Å². The fourth-order valence-corrected chi connectivity index (χ4v) is 13.0. The average molecular weight is 1280 g/mol. The van der Waals surface area contributed by atoms with E-state index in [0.717, 1.165) is 64.8 Å². The molecule has 8 rings (SSSR count). The zero-order chi connectivity index (χ0) is 60.7. The predicted octanol–water partition coefficient (Wildman–Crippen LogP) is 8.91. The molecule has 0 unspecified atom stereocenters. The van der Waals surface area contributed by atoms with Crippen molar-refractivity contribution in [2.45, 2.75) is 59.8 Å². The largest absolute Gasteiger partial charge is 0.493 e. The summed E-state index contributed by atoms with van der Waals surface area (Å²) in [7, 11) is -23.4. The number of nitrogens with zero attached hydrogens (tertiary/aromatic N) is 10. The van der Waals surface area contributed by atoms with Crippen molar-refractivity contribution in [2.24, 2.45) is 30.7 Å². The second-order valence-electron chi connectivity index (χ2n) is 17.7. The number of benzene rings is 5. The number of amides is 1. The first kappa shape index (κ1) is 61.5. The topological polar surface area (TPSA) is 479 Å². The number of carbonyl (C=O) groups is 1. The molecular weight excluding hydrogens is 1240 g/mol. The predicted molar refractivity (Wildman–Crippen MR) is 299 cm³/mol. The second kappa shape index (κ2) is 23.6. The first-order valence-corrected chi connectivity index (χ1v) is 32.6. The van der Waals surface area contributed by atoms with Gasteiger partial charge in [0.1, 0.15) is 43.9 Å². The molecule has 0 bridgehead atoms. The molecule has 0 saturated carbocycles. The highest BCUT2D eigenvalue weighted by Gasteiger charge is 2.28. The number of imidazole rings is 1. The zero-order valence-electron chi connectivity index (χ0n) is 42.6. The minimum absolute atomic E-state index is 0.0192. The van der Waals surface area contributed by atoms with Crippen LogP contribution in [0.1, 0.15) is 42.0 Å². The number of aryl methyl sites for hydroxylation is 1. The monoisotopic (exact) mass is 1280 g/mol. The molecule has 0 fully saturated rings. The molecule has 8 aromatic rings. The van der Waals surface area contributed by atoms with Gasteiger partial charge < -0.3 is 20.3 Å². The molecule has 8 N–H and O–H groups in total. The first-order valence-electron chi connectivity index (χ1n) is 23.3. The van der Waals surface area contributed by atoms with Crippen LogP contribution in [0.3, 0.4) is 0 Å². The Morgan fingerprint density at radius 3 is 2.05 bits per heavy atom. The lowest BCUT2D eigenvalue weighted by Crippen LogP contribution is -2.11. The molecule has 3 aromatic heterocycles. The van der Waals surface area contributed by atoms with Gasteiger partial charge in [-0.05, 0) is 91.9 Å². The van der Waals surface area contributed by atoms with Crippen molar-refractivity contribution in [3.8, 4) is 17.7 Å². The SMILES string of the molecule is CC(=O)Nc1c(S(=O)(=O)O)ccc2c1nc1c(C#N)c(C)c(N=Nc3cc(C)c(N=Nc4cc(CO)c(N=Nc5nc6c(S(=O)(=O)O)cc7ccc(S(=O)(=O)O)cc7c6s5)cc4SCCCS(=O)(=O)O)cc3OCCCS(=O)(=O)O)c(O)n12. The molecule has 0 saturated heterocycles. The van der Waals surface area contributed by atoms with E-state index in [1.54, 1.807) is 6.92 Å². The molecule has 0 aliphatic carbocycles. The Balaban J connectivity index is 1.20. The van der Waals surface area contributed by atoms with Crippen LogP contribution in [0.15, 0.2) is 111 Å². The summed E-state index contributed by atoms with van der Waals surface area (Å²) in [6.07, 6.45) is -0.304. The number of aliphatic hydroxyl groups is 1. The van der Waals surface area contributed by atoms with Crippen molar-refractivity contribution in [1.29, 1.82) is 5.26 Å². The van der Waals surface area contributed by atoms with Crippen LogP contribution in [0.5, 0.6) is 11.6 Å². The number of pyridine rings is 1. The number of thioether (sulfide) groups is 1. The Hall–Kier alpha value is -7.58. The van der Waals surface area contributed by atoms with E-state index in [1.807, 2.05) is 6.07 Å². The number of nitrogens with one attached hydrogen (secondary N) is 1. The van der Waals surface area contributed by atoms with Gasteiger partial charge in [0.2, 0.25) is 16.9 Å². The number of hydrogen-bond donors (Lipinski definition) is 8. The summed E-state index contributed by atoms with van der Waals surface area (Å²) in [5.41, 5.74) is -1.28. The molecule has 0 spiro atoms. The smallest absolute Gasteiger partial charge is 0.296 e. The minimum Gasteiger partial charge on any atom is -0.493 e. The number of aromatic hydroxyl groups is 1. The molecule has 0 aliphatic rings. The van der Waals surface area contributed by atoms with E-state index in [-0.39, 0.29) is 124 Å². The Bertz CT molecular complexity index is 4770. The van der Waals surface area contributed by atoms with Crippen molar-refractivity contribution in [3.63, 3.8) is 0 Å². The van der Waals surface area contributed by atoms with E-state index in [4.69, 9.17) is 4.74 Å². The van der Waals surface area contributed by atoms with Crippen molar-refractivity contribution in [3.05, 3.63) is 82.9 Å². The highest BCUT2D eigenvalue weighted by molar-refractivity contribution is 7.99. The molecule has 3 heterocycles. The van der Waals surface area contributed by atoms with Crippen molar-refractivity contribution < 1.29 is 84.6 Å². The maximum absolute atomic E-state index is 12.5. The highest BCUT2D eigenvalue weighted by Crippen LogP contribution is 2.45. The molecule has 5 aromatic carbocycles. The lowest BCUT2D eigenvalue weighted by Gasteiger charge is -2.12. The summed E-state index contributed by atoms with van der Waals surface area (Å²) >= 11 is 1.76. The Morgan fingerprint density at radius 1 is 0.747 bits per heavy atom. The van der Waals surface area contributed by atoms with Gasteiger partial charge in [0.15, 0.2) is 11.3 Å².